The number of hydrogen-bond donors (Lipinski definition) is 1. The van der Waals surface area contributed by atoms with Gasteiger partial charge in [-0.1, -0.05) is 30.3 Å². The molecule has 0 aliphatic carbocycles. The molecule has 10 heteroatoms. The molecule has 0 radical (unpaired) electrons. The van der Waals surface area contributed by atoms with E-state index < -0.39 is 24.0 Å². The first kappa shape index (κ1) is 27.8. The van der Waals surface area contributed by atoms with Crippen molar-refractivity contribution in [1.82, 2.24) is 15.2 Å². The van der Waals surface area contributed by atoms with E-state index in [2.05, 4.69) is 4.98 Å². The van der Waals surface area contributed by atoms with Crippen LogP contribution in [0.5, 0.6) is 5.75 Å². The second-order valence-electron chi connectivity index (χ2n) is 8.37. The van der Waals surface area contributed by atoms with Crippen LogP contribution in [0.25, 0.3) is 11.5 Å². The van der Waals surface area contributed by atoms with Gasteiger partial charge in [0.2, 0.25) is 11.8 Å². The predicted molar refractivity (Wildman–Crippen MR) is 132 cm³/mol. The molecule has 1 N–H and O–H groups in total. The molecule has 0 aliphatic heterocycles. The zero-order chi connectivity index (χ0) is 27.0. The van der Waals surface area contributed by atoms with Crippen LogP contribution in [0, 0.1) is 6.92 Å². The van der Waals surface area contributed by atoms with Gasteiger partial charge in [-0.3, -0.25) is 9.59 Å². The number of aryl methyl sites for hydroxylation is 1. The van der Waals surface area contributed by atoms with Crippen molar-refractivity contribution in [2.45, 2.75) is 45.8 Å². The Morgan fingerprint density at radius 2 is 1.70 bits per heavy atom. The van der Waals surface area contributed by atoms with Crippen molar-refractivity contribution >= 4 is 11.8 Å². The molecular weight excluding hydrogens is 487 g/mol. The number of oxazole rings is 1. The van der Waals surface area contributed by atoms with Gasteiger partial charge in [-0.2, -0.15) is 13.2 Å². The van der Waals surface area contributed by atoms with Crippen molar-refractivity contribution in [2.24, 2.45) is 0 Å². The third kappa shape index (κ3) is 7.58. The van der Waals surface area contributed by atoms with Crippen molar-refractivity contribution in [2.75, 3.05) is 19.7 Å². The topological polar surface area (TPSA) is 84.7 Å². The Bertz CT molecular complexity index is 1170. The minimum Gasteiger partial charge on any atom is -0.493 e. The summed E-state index contributed by atoms with van der Waals surface area (Å²) in [4.78, 5) is 30.2. The highest BCUT2D eigenvalue weighted by Gasteiger charge is 2.41. The van der Waals surface area contributed by atoms with E-state index in [1.165, 1.54) is 4.90 Å². The zero-order valence-corrected chi connectivity index (χ0v) is 21.0. The number of carbonyl (C=O) groups is 2. The number of rotatable bonds is 11. The largest absolute Gasteiger partial charge is 0.493 e. The summed E-state index contributed by atoms with van der Waals surface area (Å²) in [6.07, 6.45) is -4.64. The molecule has 3 aromatic rings. The Morgan fingerprint density at radius 3 is 2.30 bits per heavy atom. The SMILES string of the molecule is CCN(CC)C(=O)[C@H](Cc1ccc(OCCc2nc(-c3ccccc3)oc2C)cc1)NC(=O)C(F)(F)F. The lowest BCUT2D eigenvalue weighted by molar-refractivity contribution is -0.175. The maximum Gasteiger partial charge on any atom is 0.471 e. The van der Waals surface area contributed by atoms with Crippen LogP contribution in [0.2, 0.25) is 0 Å². The fourth-order valence-corrected chi connectivity index (χ4v) is 3.78. The molecule has 7 nitrogen and oxygen atoms in total. The van der Waals surface area contributed by atoms with Crippen LogP contribution < -0.4 is 10.1 Å². The molecule has 0 bridgehead atoms. The summed E-state index contributed by atoms with van der Waals surface area (Å²) >= 11 is 0. The first-order chi connectivity index (χ1) is 17.6. The van der Waals surface area contributed by atoms with E-state index >= 15 is 0 Å². The van der Waals surface area contributed by atoms with E-state index in [9.17, 15) is 22.8 Å². The highest BCUT2D eigenvalue weighted by molar-refractivity contribution is 5.90. The number of aromatic nitrogens is 1. The van der Waals surface area contributed by atoms with Crippen LogP contribution in [-0.4, -0.2) is 53.6 Å². The number of alkyl halides is 3. The standard InChI is InChI=1S/C27H30F3N3O4/c1-4-33(5-2)25(34)23(32-26(35)27(28,29)30)17-19-11-13-21(14-12-19)36-16-15-22-18(3)37-24(31-22)20-9-7-6-8-10-20/h6-14,23H,4-5,15-17H2,1-3H3,(H,32,35)/t23-/m0/s1. The Balaban J connectivity index is 1.60. The van der Waals surface area contributed by atoms with Gasteiger partial charge in [-0.25, -0.2) is 4.98 Å². The lowest BCUT2D eigenvalue weighted by atomic mass is 10.0. The normalized spacial score (nSPS) is 12.2. The number of benzene rings is 2. The number of amides is 2. The Kier molecular flexibility index (Phi) is 9.32. The van der Waals surface area contributed by atoms with Crippen molar-refractivity contribution in [3.05, 3.63) is 71.6 Å². The van der Waals surface area contributed by atoms with Crippen LogP contribution in [0.15, 0.2) is 59.0 Å². The van der Waals surface area contributed by atoms with Gasteiger partial charge in [0.05, 0.1) is 12.3 Å². The van der Waals surface area contributed by atoms with Crippen molar-refractivity contribution in [1.29, 1.82) is 0 Å². The summed E-state index contributed by atoms with van der Waals surface area (Å²) in [5.41, 5.74) is 2.26. The molecule has 0 saturated carbocycles. The predicted octanol–water partition coefficient (Wildman–Crippen LogP) is 4.73. The molecule has 2 amide bonds. The lowest BCUT2D eigenvalue weighted by Gasteiger charge is -2.26. The quantitative estimate of drug-likeness (QED) is 0.398. The second kappa shape index (κ2) is 12.4. The van der Waals surface area contributed by atoms with Gasteiger partial charge in [-0.05, 0) is 50.6 Å². The average Bonchev–Trinajstić information content (AvgIpc) is 3.25. The summed E-state index contributed by atoms with van der Waals surface area (Å²) < 4.78 is 50.0. The molecule has 37 heavy (non-hydrogen) atoms. The number of hydrogen-bond acceptors (Lipinski definition) is 5. The van der Waals surface area contributed by atoms with Crippen molar-refractivity contribution < 1.29 is 31.9 Å². The number of halogens is 3. The Labute approximate surface area is 213 Å². The molecule has 0 spiro atoms. The number of carbonyl (C=O) groups excluding carboxylic acids is 2. The van der Waals surface area contributed by atoms with E-state index in [4.69, 9.17) is 9.15 Å². The highest BCUT2D eigenvalue weighted by Crippen LogP contribution is 2.22. The van der Waals surface area contributed by atoms with Gasteiger partial charge in [0.25, 0.3) is 0 Å². The third-order valence-corrected chi connectivity index (χ3v) is 5.82. The number of nitrogens with one attached hydrogen (secondary N) is 1. The van der Waals surface area contributed by atoms with Crippen molar-refractivity contribution in [3.8, 4) is 17.2 Å². The summed E-state index contributed by atoms with van der Waals surface area (Å²) in [5, 5.41) is 1.84. The van der Waals surface area contributed by atoms with Gasteiger partial charge in [0, 0.05) is 31.5 Å². The second-order valence-corrected chi connectivity index (χ2v) is 8.37. The van der Waals surface area contributed by atoms with Crippen LogP contribution >= 0.6 is 0 Å². The zero-order valence-electron chi connectivity index (χ0n) is 21.0. The van der Waals surface area contributed by atoms with Crippen LogP contribution in [-0.2, 0) is 22.4 Å². The summed E-state index contributed by atoms with van der Waals surface area (Å²) in [7, 11) is 0. The van der Waals surface area contributed by atoms with Gasteiger partial charge in [-0.15, -0.1) is 0 Å². The first-order valence-corrected chi connectivity index (χ1v) is 12.0. The smallest absolute Gasteiger partial charge is 0.471 e. The highest BCUT2D eigenvalue weighted by atomic mass is 19.4. The van der Waals surface area contributed by atoms with Crippen LogP contribution in [0.4, 0.5) is 13.2 Å². The van der Waals surface area contributed by atoms with Gasteiger partial charge in [0.15, 0.2) is 0 Å². The van der Waals surface area contributed by atoms with Crippen LogP contribution in [0.3, 0.4) is 0 Å². The molecule has 1 atom stereocenters. The van der Waals surface area contributed by atoms with Gasteiger partial charge in [0.1, 0.15) is 17.6 Å². The minimum absolute atomic E-state index is 0.0855. The molecule has 3 rings (SSSR count). The molecule has 1 heterocycles. The molecule has 2 aromatic carbocycles. The fourth-order valence-electron chi connectivity index (χ4n) is 3.78. The average molecular weight is 518 g/mol. The maximum atomic E-state index is 12.8. The molecule has 1 aromatic heterocycles. The van der Waals surface area contributed by atoms with Crippen LogP contribution in [0.1, 0.15) is 30.9 Å². The third-order valence-electron chi connectivity index (χ3n) is 5.82. The van der Waals surface area contributed by atoms with Crippen molar-refractivity contribution in [3.63, 3.8) is 0 Å². The Hall–Kier alpha value is -3.82. The van der Waals surface area contributed by atoms with E-state index in [-0.39, 0.29) is 6.42 Å². The minimum atomic E-state index is -5.08. The number of likely N-dealkylation sites (N-methyl/N-ethyl adjacent to an activating group) is 1. The molecule has 0 aliphatic rings. The molecule has 0 saturated heterocycles. The van der Waals surface area contributed by atoms with E-state index in [0.717, 1.165) is 11.3 Å². The fraction of sp³-hybridized carbons (Fsp3) is 0.370. The monoisotopic (exact) mass is 517 g/mol. The first-order valence-electron chi connectivity index (χ1n) is 12.0. The summed E-state index contributed by atoms with van der Waals surface area (Å²) in [6.45, 7) is 6.26. The van der Waals surface area contributed by atoms with E-state index in [0.29, 0.717) is 49.1 Å². The van der Waals surface area contributed by atoms with E-state index in [1.807, 2.05) is 42.6 Å². The lowest BCUT2D eigenvalue weighted by Crippen LogP contribution is -2.52. The number of nitrogens with zero attached hydrogens (tertiary/aromatic N) is 2. The number of ether oxygens (including phenoxy) is 1. The summed E-state index contributed by atoms with van der Waals surface area (Å²) in [6, 6.07) is 14.9. The van der Waals surface area contributed by atoms with Gasteiger partial charge >= 0.3 is 12.1 Å². The van der Waals surface area contributed by atoms with E-state index in [1.54, 1.807) is 38.1 Å². The molecule has 0 fully saturated rings. The van der Waals surface area contributed by atoms with Gasteiger partial charge < -0.3 is 19.4 Å². The summed E-state index contributed by atoms with van der Waals surface area (Å²) in [5.74, 6) is -0.900. The molecule has 198 valence electrons. The maximum absolute atomic E-state index is 12.8. The molecular formula is C27H30F3N3O4. The molecule has 0 unspecified atom stereocenters. The Morgan fingerprint density at radius 1 is 1.05 bits per heavy atom.